The summed E-state index contributed by atoms with van der Waals surface area (Å²) in [6.07, 6.45) is 0. The van der Waals surface area contributed by atoms with E-state index in [2.05, 4.69) is 34.1 Å². The van der Waals surface area contributed by atoms with Crippen LogP contribution in [-0.4, -0.2) is 62.5 Å². The maximum Gasteiger partial charge on any atom is 0.242 e. The Morgan fingerprint density at radius 1 is 1.16 bits per heavy atom. The van der Waals surface area contributed by atoms with Crippen molar-refractivity contribution in [3.8, 4) is 0 Å². The van der Waals surface area contributed by atoms with Crippen molar-refractivity contribution in [2.45, 2.75) is 58.7 Å². The van der Waals surface area contributed by atoms with Crippen LogP contribution < -0.4 is 10.2 Å². The van der Waals surface area contributed by atoms with Crippen molar-refractivity contribution >= 4 is 35.1 Å². The molecule has 2 heterocycles. The summed E-state index contributed by atoms with van der Waals surface area (Å²) < 4.78 is 0. The van der Waals surface area contributed by atoms with Crippen LogP contribution in [0.2, 0.25) is 10.6 Å². The summed E-state index contributed by atoms with van der Waals surface area (Å²) in [6.45, 7) is 13.8. The number of rotatable bonds is 5. The second-order valence-corrected chi connectivity index (χ2v) is 8.50. The molecule has 140 valence electrons. The first-order valence-electron chi connectivity index (χ1n) is 8.34. The second kappa shape index (κ2) is 7.21. The van der Waals surface area contributed by atoms with E-state index < -0.39 is 5.54 Å². The normalized spacial score (nSPS) is 19.4. The average molecular weight is 389 g/mol. The Morgan fingerprint density at radius 3 is 2.24 bits per heavy atom. The lowest BCUT2D eigenvalue weighted by Crippen LogP contribution is -2.70. The summed E-state index contributed by atoms with van der Waals surface area (Å²) in [7, 11) is 0. The van der Waals surface area contributed by atoms with E-state index >= 15 is 0 Å². The van der Waals surface area contributed by atoms with Crippen LogP contribution in [-0.2, 0) is 4.79 Å². The zero-order chi connectivity index (χ0) is 19.0. The fourth-order valence-electron chi connectivity index (χ4n) is 3.33. The molecule has 0 aliphatic carbocycles. The quantitative estimate of drug-likeness (QED) is 0.834. The topological polar surface area (TPSA) is 74.2 Å². The molecule has 0 radical (unpaired) electrons. The van der Waals surface area contributed by atoms with Gasteiger partial charge < -0.3 is 9.80 Å². The molecule has 0 unspecified atom stereocenters. The number of hydrogen-bond donors (Lipinski definition) is 1. The van der Waals surface area contributed by atoms with Crippen LogP contribution in [0.3, 0.4) is 0 Å². The summed E-state index contributed by atoms with van der Waals surface area (Å²) in [6, 6.07) is 0.119. The van der Waals surface area contributed by atoms with Gasteiger partial charge in [-0.3, -0.25) is 10.1 Å². The number of carbonyl (C=O) groups excluding carboxylic acids is 1. The fourth-order valence-corrected chi connectivity index (χ4v) is 3.68. The number of amides is 1. The van der Waals surface area contributed by atoms with E-state index in [9.17, 15) is 4.79 Å². The second-order valence-electron chi connectivity index (χ2n) is 7.82. The molecule has 1 fully saturated rings. The fraction of sp³-hybridized carbons (Fsp3) is 0.750. The molecule has 7 nitrogen and oxygen atoms in total. The average Bonchev–Trinajstić information content (AvgIpc) is 2.41. The minimum absolute atomic E-state index is 0.0566. The SMILES string of the molecule is CC(C)N(CCN1CC(C)(C)NC(C)(C)C1=O)c1nc(Cl)nc(Cl)n1. The summed E-state index contributed by atoms with van der Waals surface area (Å²) in [4.78, 5) is 28.7. The molecule has 9 heteroatoms. The molecule has 0 bridgehead atoms. The lowest BCUT2D eigenvalue weighted by Gasteiger charge is -2.47. The van der Waals surface area contributed by atoms with Gasteiger partial charge in [-0.05, 0) is 64.7 Å². The van der Waals surface area contributed by atoms with Crippen LogP contribution >= 0.6 is 23.2 Å². The van der Waals surface area contributed by atoms with E-state index in [0.717, 1.165) is 0 Å². The molecule has 1 amide bonds. The van der Waals surface area contributed by atoms with E-state index in [0.29, 0.717) is 25.6 Å². The monoisotopic (exact) mass is 388 g/mol. The number of carbonyl (C=O) groups is 1. The number of hydrogen-bond acceptors (Lipinski definition) is 6. The number of halogens is 2. The Bertz CT molecular complexity index is 629. The third-order valence-electron chi connectivity index (χ3n) is 4.12. The smallest absolute Gasteiger partial charge is 0.242 e. The number of aromatic nitrogens is 3. The Kier molecular flexibility index (Phi) is 5.81. The number of nitrogens with one attached hydrogen (secondary N) is 1. The van der Waals surface area contributed by atoms with Crippen molar-refractivity contribution in [1.82, 2.24) is 25.2 Å². The maximum atomic E-state index is 12.7. The van der Waals surface area contributed by atoms with Gasteiger partial charge in [0.1, 0.15) is 0 Å². The van der Waals surface area contributed by atoms with E-state index in [1.54, 1.807) is 0 Å². The molecule has 0 atom stereocenters. The minimum atomic E-state index is -0.593. The first-order valence-corrected chi connectivity index (χ1v) is 9.09. The van der Waals surface area contributed by atoms with Crippen LogP contribution in [0.25, 0.3) is 0 Å². The van der Waals surface area contributed by atoms with Crippen molar-refractivity contribution < 1.29 is 4.79 Å². The molecule has 0 saturated carbocycles. The molecule has 0 aromatic carbocycles. The van der Waals surface area contributed by atoms with Crippen LogP contribution in [0.1, 0.15) is 41.5 Å². The largest absolute Gasteiger partial charge is 0.338 e. The predicted molar refractivity (Wildman–Crippen MR) is 100 cm³/mol. The first-order chi connectivity index (χ1) is 11.4. The molecular formula is C16H26Cl2N6O. The Labute approximate surface area is 159 Å². The highest BCUT2D eigenvalue weighted by molar-refractivity contribution is 6.31. The van der Waals surface area contributed by atoms with Crippen molar-refractivity contribution in [1.29, 1.82) is 0 Å². The molecule has 2 rings (SSSR count). The van der Waals surface area contributed by atoms with Gasteiger partial charge in [0, 0.05) is 31.2 Å². The van der Waals surface area contributed by atoms with Crippen molar-refractivity contribution in [2.75, 3.05) is 24.5 Å². The third kappa shape index (κ3) is 4.92. The van der Waals surface area contributed by atoms with Crippen LogP contribution in [0.4, 0.5) is 5.95 Å². The van der Waals surface area contributed by atoms with E-state index in [1.165, 1.54) is 0 Å². The van der Waals surface area contributed by atoms with Crippen LogP contribution in [0, 0.1) is 0 Å². The van der Waals surface area contributed by atoms with Gasteiger partial charge in [0.15, 0.2) is 0 Å². The van der Waals surface area contributed by atoms with Crippen molar-refractivity contribution in [3.05, 3.63) is 10.6 Å². The van der Waals surface area contributed by atoms with Gasteiger partial charge in [-0.25, -0.2) is 0 Å². The molecule has 1 aromatic rings. The Hall–Kier alpha value is -1.18. The first kappa shape index (κ1) is 20.1. The van der Waals surface area contributed by atoms with E-state index in [-0.39, 0.29) is 28.1 Å². The summed E-state index contributed by atoms with van der Waals surface area (Å²) in [5.74, 6) is 0.503. The molecule has 1 aromatic heterocycles. The highest BCUT2D eigenvalue weighted by Crippen LogP contribution is 2.23. The van der Waals surface area contributed by atoms with Gasteiger partial charge in [-0.1, -0.05) is 0 Å². The molecule has 1 aliphatic heterocycles. The summed E-state index contributed by atoms with van der Waals surface area (Å²) in [5, 5.41) is 3.51. The molecule has 1 saturated heterocycles. The minimum Gasteiger partial charge on any atom is -0.338 e. The summed E-state index contributed by atoms with van der Waals surface area (Å²) in [5.41, 5.74) is -0.746. The zero-order valence-corrected chi connectivity index (χ0v) is 17.1. The molecule has 1 aliphatic rings. The standard InChI is InChI=1S/C16H26Cl2N6O/c1-10(2)24(14-20-12(17)19-13(18)21-14)8-7-23-9-15(3,4)22-16(5,6)11(23)25/h10,22H,7-9H2,1-6H3. The van der Waals surface area contributed by atoms with Gasteiger partial charge in [0.05, 0.1) is 5.54 Å². The molecule has 0 spiro atoms. The maximum absolute atomic E-state index is 12.7. The molecule has 1 N–H and O–H groups in total. The van der Waals surface area contributed by atoms with Gasteiger partial charge in [0.25, 0.3) is 0 Å². The number of anilines is 1. The van der Waals surface area contributed by atoms with Crippen molar-refractivity contribution in [3.63, 3.8) is 0 Å². The third-order valence-corrected chi connectivity index (χ3v) is 4.46. The van der Waals surface area contributed by atoms with Crippen LogP contribution in [0.5, 0.6) is 0 Å². The van der Waals surface area contributed by atoms with E-state index in [1.807, 2.05) is 37.5 Å². The van der Waals surface area contributed by atoms with Gasteiger partial charge in [-0.2, -0.15) is 15.0 Å². The lowest BCUT2D eigenvalue weighted by molar-refractivity contribution is -0.143. The van der Waals surface area contributed by atoms with Crippen molar-refractivity contribution in [2.24, 2.45) is 0 Å². The predicted octanol–water partition coefficient (Wildman–Crippen LogP) is 2.38. The summed E-state index contributed by atoms with van der Waals surface area (Å²) >= 11 is 11.8. The number of nitrogens with zero attached hydrogens (tertiary/aromatic N) is 5. The van der Waals surface area contributed by atoms with Gasteiger partial charge >= 0.3 is 0 Å². The van der Waals surface area contributed by atoms with Crippen LogP contribution in [0.15, 0.2) is 0 Å². The highest BCUT2D eigenvalue weighted by atomic mass is 35.5. The Morgan fingerprint density at radius 2 is 1.72 bits per heavy atom. The van der Waals surface area contributed by atoms with E-state index in [4.69, 9.17) is 23.2 Å². The zero-order valence-electron chi connectivity index (χ0n) is 15.6. The van der Waals surface area contributed by atoms with Gasteiger partial charge in [-0.15, -0.1) is 0 Å². The lowest BCUT2D eigenvalue weighted by atomic mass is 9.90. The number of piperazine rings is 1. The Balaban J connectivity index is 2.17. The highest BCUT2D eigenvalue weighted by Gasteiger charge is 2.43. The van der Waals surface area contributed by atoms with Gasteiger partial charge in [0.2, 0.25) is 22.4 Å². The molecule has 25 heavy (non-hydrogen) atoms. The molecular weight excluding hydrogens is 363 g/mol.